The van der Waals surface area contributed by atoms with Crippen LogP contribution >= 0.6 is 0 Å². The van der Waals surface area contributed by atoms with Gasteiger partial charge in [-0.3, -0.25) is 0 Å². The van der Waals surface area contributed by atoms with Gasteiger partial charge in [-0.25, -0.2) is 13.1 Å². The smallest absolute Gasteiger partial charge is 0.240 e. The summed E-state index contributed by atoms with van der Waals surface area (Å²) in [6.45, 7) is 4.78. The summed E-state index contributed by atoms with van der Waals surface area (Å²) in [7, 11) is -3.50. The second-order valence-electron chi connectivity index (χ2n) is 5.57. The first-order valence-corrected chi connectivity index (χ1v) is 8.94. The average molecular weight is 312 g/mol. The van der Waals surface area contributed by atoms with Crippen LogP contribution in [0, 0.1) is 5.92 Å². The quantitative estimate of drug-likeness (QED) is 0.769. The topological polar surface area (TPSA) is 81.4 Å². The van der Waals surface area contributed by atoms with Crippen molar-refractivity contribution < 1.29 is 13.2 Å². The second kappa shape index (κ2) is 6.77. The van der Waals surface area contributed by atoms with E-state index in [2.05, 4.69) is 4.72 Å². The molecule has 1 aromatic rings. The lowest BCUT2D eigenvalue weighted by Crippen LogP contribution is -2.34. The molecule has 0 aliphatic heterocycles. The number of benzene rings is 1. The highest BCUT2D eigenvalue weighted by Crippen LogP contribution is 2.33. The summed E-state index contributed by atoms with van der Waals surface area (Å²) in [5, 5.41) is 0. The average Bonchev–Trinajstić information content (AvgIpc) is 3.29. The van der Waals surface area contributed by atoms with Crippen LogP contribution in [0.1, 0.15) is 38.7 Å². The van der Waals surface area contributed by atoms with Crippen LogP contribution in [0.2, 0.25) is 0 Å². The third-order valence-corrected chi connectivity index (χ3v) is 5.25. The van der Waals surface area contributed by atoms with Crippen LogP contribution < -0.4 is 15.2 Å². The summed E-state index contributed by atoms with van der Waals surface area (Å²) in [5.74, 6) is 1.13. The largest absolute Gasteiger partial charge is 0.493 e. The molecule has 1 fully saturated rings. The van der Waals surface area contributed by atoms with Crippen LogP contribution in [0.5, 0.6) is 5.75 Å². The molecule has 0 bridgehead atoms. The molecule has 0 spiro atoms. The van der Waals surface area contributed by atoms with Crippen LogP contribution in [0.25, 0.3) is 0 Å². The zero-order valence-electron chi connectivity index (χ0n) is 12.6. The van der Waals surface area contributed by atoms with Gasteiger partial charge in [0.1, 0.15) is 5.75 Å². The number of rotatable bonds is 8. The van der Waals surface area contributed by atoms with Crippen molar-refractivity contribution in [2.24, 2.45) is 11.7 Å². The lowest BCUT2D eigenvalue weighted by atomic mass is 10.2. The predicted octanol–water partition coefficient (Wildman–Crippen LogP) is 2.01. The van der Waals surface area contributed by atoms with Gasteiger partial charge in [0.2, 0.25) is 10.0 Å². The van der Waals surface area contributed by atoms with E-state index in [0.29, 0.717) is 23.8 Å². The first-order chi connectivity index (χ1) is 9.97. The van der Waals surface area contributed by atoms with Crippen molar-refractivity contribution in [1.29, 1.82) is 0 Å². The first-order valence-electron chi connectivity index (χ1n) is 7.46. The fourth-order valence-corrected chi connectivity index (χ4v) is 3.60. The maximum absolute atomic E-state index is 12.4. The van der Waals surface area contributed by atoms with Crippen molar-refractivity contribution in [2.75, 3.05) is 6.61 Å². The molecule has 6 heteroatoms. The van der Waals surface area contributed by atoms with Crippen molar-refractivity contribution in [2.45, 2.75) is 50.6 Å². The van der Waals surface area contributed by atoms with Gasteiger partial charge in [0, 0.05) is 18.2 Å². The summed E-state index contributed by atoms with van der Waals surface area (Å²) in [6, 6.07) is 4.85. The molecule has 1 aromatic carbocycles. The predicted molar refractivity (Wildman–Crippen MR) is 82.6 cm³/mol. The fourth-order valence-electron chi connectivity index (χ4n) is 2.24. The van der Waals surface area contributed by atoms with Crippen LogP contribution in [0.4, 0.5) is 0 Å². The van der Waals surface area contributed by atoms with Gasteiger partial charge in [-0.2, -0.15) is 0 Å². The molecule has 1 saturated carbocycles. The molecule has 1 aliphatic carbocycles. The molecule has 0 aromatic heterocycles. The van der Waals surface area contributed by atoms with E-state index in [-0.39, 0.29) is 17.5 Å². The Morgan fingerprint density at radius 1 is 1.43 bits per heavy atom. The zero-order chi connectivity index (χ0) is 15.5. The Kier molecular flexibility index (Phi) is 5.24. The molecule has 0 radical (unpaired) electrons. The number of nitrogens with one attached hydrogen (secondary N) is 1. The molecule has 0 heterocycles. The Morgan fingerprint density at radius 2 is 2.14 bits per heavy atom. The molecule has 1 aliphatic rings. The maximum atomic E-state index is 12.4. The van der Waals surface area contributed by atoms with Gasteiger partial charge in [-0.15, -0.1) is 0 Å². The van der Waals surface area contributed by atoms with E-state index in [1.54, 1.807) is 18.2 Å². The molecular formula is C15H24N2O3S. The highest BCUT2D eigenvalue weighted by molar-refractivity contribution is 7.89. The summed E-state index contributed by atoms with van der Waals surface area (Å²) >= 11 is 0. The number of hydrogen-bond acceptors (Lipinski definition) is 4. The third-order valence-electron chi connectivity index (χ3n) is 3.69. The van der Waals surface area contributed by atoms with Gasteiger partial charge in [0.25, 0.3) is 0 Å². The van der Waals surface area contributed by atoms with Crippen LogP contribution in [-0.2, 0) is 16.6 Å². The SMILES string of the molecule is CCCOc1ccc(S(=O)(=O)NC(C)C2CC2)cc1CN. The van der Waals surface area contributed by atoms with Crippen molar-refractivity contribution >= 4 is 10.0 Å². The van der Waals surface area contributed by atoms with Gasteiger partial charge in [-0.05, 0) is 50.3 Å². The van der Waals surface area contributed by atoms with Crippen LogP contribution in [-0.4, -0.2) is 21.1 Å². The summed E-state index contributed by atoms with van der Waals surface area (Å²) in [5.41, 5.74) is 6.41. The minimum atomic E-state index is -3.50. The van der Waals surface area contributed by atoms with E-state index in [1.165, 1.54) is 0 Å². The van der Waals surface area contributed by atoms with Crippen molar-refractivity contribution in [3.8, 4) is 5.75 Å². The minimum Gasteiger partial charge on any atom is -0.493 e. The maximum Gasteiger partial charge on any atom is 0.240 e. The van der Waals surface area contributed by atoms with E-state index in [4.69, 9.17) is 10.5 Å². The number of sulfonamides is 1. The third kappa shape index (κ3) is 4.18. The Morgan fingerprint density at radius 3 is 2.71 bits per heavy atom. The molecule has 118 valence electrons. The van der Waals surface area contributed by atoms with E-state index in [1.807, 2.05) is 13.8 Å². The van der Waals surface area contributed by atoms with E-state index in [0.717, 1.165) is 19.3 Å². The van der Waals surface area contributed by atoms with Crippen molar-refractivity contribution in [3.05, 3.63) is 23.8 Å². The Bertz CT molecular complexity index is 583. The van der Waals surface area contributed by atoms with E-state index >= 15 is 0 Å². The lowest BCUT2D eigenvalue weighted by Gasteiger charge is -2.15. The lowest BCUT2D eigenvalue weighted by molar-refractivity contribution is 0.314. The monoisotopic (exact) mass is 312 g/mol. The molecule has 0 amide bonds. The first kappa shape index (κ1) is 16.3. The molecule has 21 heavy (non-hydrogen) atoms. The molecule has 1 atom stereocenters. The van der Waals surface area contributed by atoms with Crippen molar-refractivity contribution in [1.82, 2.24) is 4.72 Å². The van der Waals surface area contributed by atoms with Gasteiger partial charge in [-0.1, -0.05) is 6.92 Å². The minimum absolute atomic E-state index is 0.0210. The Balaban J connectivity index is 2.18. The van der Waals surface area contributed by atoms with Gasteiger partial charge in [0.15, 0.2) is 0 Å². The Hall–Kier alpha value is -1.11. The Labute approximate surface area is 126 Å². The van der Waals surface area contributed by atoms with Gasteiger partial charge in [0.05, 0.1) is 11.5 Å². The number of nitrogens with two attached hydrogens (primary N) is 1. The highest BCUT2D eigenvalue weighted by atomic mass is 32.2. The van der Waals surface area contributed by atoms with E-state index < -0.39 is 10.0 Å². The number of hydrogen-bond donors (Lipinski definition) is 2. The number of ether oxygens (including phenoxy) is 1. The summed E-state index contributed by atoms with van der Waals surface area (Å²) < 4.78 is 33.1. The van der Waals surface area contributed by atoms with Crippen molar-refractivity contribution in [3.63, 3.8) is 0 Å². The molecule has 3 N–H and O–H groups in total. The molecule has 1 unspecified atom stereocenters. The van der Waals surface area contributed by atoms with Gasteiger partial charge < -0.3 is 10.5 Å². The second-order valence-corrected chi connectivity index (χ2v) is 7.28. The zero-order valence-corrected chi connectivity index (χ0v) is 13.4. The van der Waals surface area contributed by atoms with Crippen LogP contribution in [0.15, 0.2) is 23.1 Å². The normalized spacial score (nSPS) is 16.7. The fraction of sp³-hybridized carbons (Fsp3) is 0.600. The van der Waals surface area contributed by atoms with Crippen LogP contribution in [0.3, 0.4) is 0 Å². The van der Waals surface area contributed by atoms with E-state index in [9.17, 15) is 8.42 Å². The molecule has 0 saturated heterocycles. The molecule has 5 nitrogen and oxygen atoms in total. The molecule has 2 rings (SSSR count). The molecular weight excluding hydrogens is 288 g/mol. The van der Waals surface area contributed by atoms with Gasteiger partial charge >= 0.3 is 0 Å². The standard InChI is InChI=1S/C15H24N2O3S/c1-3-8-20-15-7-6-14(9-13(15)10-16)21(18,19)17-11(2)12-4-5-12/h6-7,9,11-12,17H,3-5,8,10,16H2,1-2H3. The summed E-state index contributed by atoms with van der Waals surface area (Å²) in [4.78, 5) is 0.249. The highest BCUT2D eigenvalue weighted by Gasteiger charge is 2.31. The summed E-state index contributed by atoms with van der Waals surface area (Å²) in [6.07, 6.45) is 3.09.